The highest BCUT2D eigenvalue weighted by atomic mass is 16.2. The second-order valence-electron chi connectivity index (χ2n) is 6.00. The van der Waals surface area contributed by atoms with Gasteiger partial charge < -0.3 is 5.32 Å². The van der Waals surface area contributed by atoms with Gasteiger partial charge in [-0.3, -0.25) is 9.69 Å². The first-order chi connectivity index (χ1) is 9.84. The van der Waals surface area contributed by atoms with Gasteiger partial charge >= 0.3 is 0 Å². The first kappa shape index (κ1) is 13.6. The van der Waals surface area contributed by atoms with Crippen LogP contribution < -0.4 is 5.32 Å². The molecule has 3 nitrogen and oxygen atoms in total. The van der Waals surface area contributed by atoms with Gasteiger partial charge in [0.05, 0.1) is 6.04 Å². The number of carbonyl (C=O) groups excluding carboxylic acids is 1. The molecule has 1 fully saturated rings. The number of anilines is 1. The number of hydrogen-bond donors (Lipinski definition) is 1. The van der Waals surface area contributed by atoms with Crippen LogP contribution in [0, 0.1) is 0 Å². The van der Waals surface area contributed by atoms with Gasteiger partial charge in [-0.2, -0.15) is 0 Å². The number of likely N-dealkylation sites (tertiary alicyclic amines) is 1. The van der Waals surface area contributed by atoms with Crippen molar-refractivity contribution in [1.82, 2.24) is 4.90 Å². The lowest BCUT2D eigenvalue weighted by atomic mass is 10.0. The van der Waals surface area contributed by atoms with Crippen LogP contribution in [0.4, 0.5) is 5.69 Å². The van der Waals surface area contributed by atoms with E-state index >= 15 is 0 Å². The molecule has 0 aromatic heterocycles. The number of carbonyl (C=O) groups is 1. The summed E-state index contributed by atoms with van der Waals surface area (Å²) < 4.78 is 0. The Kier molecular flexibility index (Phi) is 4.36. The van der Waals surface area contributed by atoms with Gasteiger partial charge in [0, 0.05) is 5.69 Å². The van der Waals surface area contributed by atoms with Crippen molar-refractivity contribution in [1.29, 1.82) is 0 Å². The molecule has 108 valence electrons. The maximum atomic E-state index is 12.5. The average Bonchev–Trinajstić information content (AvgIpc) is 2.58. The Hall–Kier alpha value is -1.35. The molecule has 1 saturated heterocycles. The molecule has 0 saturated carbocycles. The predicted octanol–water partition coefficient (Wildman–Crippen LogP) is 3.21. The number of nitrogens with zero attached hydrogens (tertiary/aromatic N) is 1. The number of nitrogens with one attached hydrogen (secondary N) is 1. The van der Waals surface area contributed by atoms with Gasteiger partial charge in [0.15, 0.2) is 0 Å². The molecule has 2 aliphatic rings. The molecule has 0 bridgehead atoms. The SMILES string of the molecule is O=C1Nc2ccccc2CC[C@@H]1N1CCCCCCC1. The van der Waals surface area contributed by atoms with E-state index in [9.17, 15) is 4.79 Å². The molecule has 0 aliphatic carbocycles. The van der Waals surface area contributed by atoms with E-state index < -0.39 is 0 Å². The minimum absolute atomic E-state index is 0.0560. The summed E-state index contributed by atoms with van der Waals surface area (Å²) in [6, 6.07) is 8.26. The zero-order chi connectivity index (χ0) is 13.8. The van der Waals surface area contributed by atoms with Gasteiger partial charge in [-0.25, -0.2) is 0 Å². The van der Waals surface area contributed by atoms with Crippen molar-refractivity contribution in [3.63, 3.8) is 0 Å². The molecular formula is C17H24N2O. The quantitative estimate of drug-likeness (QED) is 0.851. The Morgan fingerprint density at radius 1 is 1.00 bits per heavy atom. The molecule has 20 heavy (non-hydrogen) atoms. The number of rotatable bonds is 1. The van der Waals surface area contributed by atoms with E-state index in [4.69, 9.17) is 0 Å². The fraction of sp³-hybridized carbons (Fsp3) is 0.588. The molecule has 0 radical (unpaired) electrons. The summed E-state index contributed by atoms with van der Waals surface area (Å²) >= 11 is 0. The fourth-order valence-corrected chi connectivity index (χ4v) is 3.43. The van der Waals surface area contributed by atoms with Crippen LogP contribution in [-0.4, -0.2) is 29.9 Å². The summed E-state index contributed by atoms with van der Waals surface area (Å²) in [5.41, 5.74) is 2.28. The van der Waals surface area contributed by atoms with Gasteiger partial charge in [-0.05, 0) is 50.4 Å². The minimum Gasteiger partial charge on any atom is -0.324 e. The van der Waals surface area contributed by atoms with Crippen LogP contribution in [0.3, 0.4) is 0 Å². The molecule has 3 rings (SSSR count). The first-order valence-electron chi connectivity index (χ1n) is 7.97. The Morgan fingerprint density at radius 3 is 2.50 bits per heavy atom. The highest BCUT2D eigenvalue weighted by Crippen LogP contribution is 2.24. The van der Waals surface area contributed by atoms with E-state index in [2.05, 4.69) is 22.3 Å². The summed E-state index contributed by atoms with van der Waals surface area (Å²) in [5, 5.41) is 3.13. The van der Waals surface area contributed by atoms with Crippen LogP contribution in [-0.2, 0) is 11.2 Å². The van der Waals surface area contributed by atoms with E-state index in [0.29, 0.717) is 0 Å². The Balaban J connectivity index is 1.73. The number of aryl methyl sites for hydroxylation is 1. The largest absolute Gasteiger partial charge is 0.324 e. The molecule has 1 atom stereocenters. The topological polar surface area (TPSA) is 32.3 Å². The van der Waals surface area contributed by atoms with Crippen molar-refractivity contribution in [3.05, 3.63) is 29.8 Å². The normalized spacial score (nSPS) is 25.0. The average molecular weight is 272 g/mol. The lowest BCUT2D eigenvalue weighted by Crippen LogP contribution is -2.45. The second-order valence-corrected chi connectivity index (χ2v) is 6.00. The second kappa shape index (κ2) is 6.40. The van der Waals surface area contributed by atoms with Gasteiger partial charge in [0.25, 0.3) is 0 Å². The molecule has 0 unspecified atom stereocenters. The third-order valence-corrected chi connectivity index (χ3v) is 4.60. The maximum absolute atomic E-state index is 12.5. The minimum atomic E-state index is 0.0560. The third-order valence-electron chi connectivity index (χ3n) is 4.60. The number of fused-ring (bicyclic) bond motifs is 1. The van der Waals surface area contributed by atoms with Crippen LogP contribution >= 0.6 is 0 Å². The molecular weight excluding hydrogens is 248 g/mol. The number of hydrogen-bond acceptors (Lipinski definition) is 2. The predicted molar refractivity (Wildman–Crippen MR) is 81.8 cm³/mol. The number of amides is 1. The molecule has 2 aliphatic heterocycles. The third kappa shape index (κ3) is 3.04. The summed E-state index contributed by atoms with van der Waals surface area (Å²) in [7, 11) is 0. The molecule has 1 aromatic rings. The molecule has 1 N–H and O–H groups in total. The number of para-hydroxylation sites is 1. The van der Waals surface area contributed by atoms with Gasteiger partial charge in [0.2, 0.25) is 5.91 Å². The summed E-state index contributed by atoms with van der Waals surface area (Å²) in [5.74, 6) is 0.190. The van der Waals surface area contributed by atoms with Crippen molar-refractivity contribution in [3.8, 4) is 0 Å². The molecule has 1 aromatic carbocycles. The van der Waals surface area contributed by atoms with Crippen LogP contribution in [0.15, 0.2) is 24.3 Å². The lowest BCUT2D eigenvalue weighted by molar-refractivity contribution is -0.121. The first-order valence-corrected chi connectivity index (χ1v) is 7.97. The number of benzene rings is 1. The zero-order valence-electron chi connectivity index (χ0n) is 12.1. The molecule has 3 heteroatoms. The van der Waals surface area contributed by atoms with E-state index in [1.54, 1.807) is 0 Å². The Labute approximate surface area is 121 Å². The Morgan fingerprint density at radius 2 is 1.70 bits per heavy atom. The van der Waals surface area contributed by atoms with Crippen molar-refractivity contribution < 1.29 is 4.79 Å². The summed E-state index contributed by atoms with van der Waals surface area (Å²) in [6.45, 7) is 2.16. The van der Waals surface area contributed by atoms with Gasteiger partial charge in [-0.15, -0.1) is 0 Å². The monoisotopic (exact) mass is 272 g/mol. The van der Waals surface area contributed by atoms with Crippen molar-refractivity contribution in [2.24, 2.45) is 0 Å². The van der Waals surface area contributed by atoms with Gasteiger partial charge in [-0.1, -0.05) is 37.5 Å². The van der Waals surface area contributed by atoms with E-state index in [1.807, 2.05) is 12.1 Å². The van der Waals surface area contributed by atoms with E-state index in [-0.39, 0.29) is 11.9 Å². The molecule has 2 heterocycles. The maximum Gasteiger partial charge on any atom is 0.241 e. The smallest absolute Gasteiger partial charge is 0.241 e. The van der Waals surface area contributed by atoms with Crippen molar-refractivity contribution >= 4 is 11.6 Å². The highest BCUT2D eigenvalue weighted by molar-refractivity contribution is 5.96. The van der Waals surface area contributed by atoms with Crippen LogP contribution in [0.5, 0.6) is 0 Å². The fourth-order valence-electron chi connectivity index (χ4n) is 3.43. The lowest BCUT2D eigenvalue weighted by Gasteiger charge is -2.31. The van der Waals surface area contributed by atoms with Crippen LogP contribution in [0.2, 0.25) is 0 Å². The van der Waals surface area contributed by atoms with Crippen LogP contribution in [0.25, 0.3) is 0 Å². The van der Waals surface area contributed by atoms with Crippen LogP contribution in [0.1, 0.15) is 44.1 Å². The van der Waals surface area contributed by atoms with E-state index in [0.717, 1.165) is 31.6 Å². The standard InChI is InChI=1S/C17H24N2O/c20-17-16(19-12-6-2-1-3-7-13-19)11-10-14-8-4-5-9-15(14)18-17/h4-5,8-9,16H,1-3,6-7,10-13H2,(H,18,20)/t16-/m0/s1. The molecule has 1 amide bonds. The molecule has 0 spiro atoms. The highest BCUT2D eigenvalue weighted by Gasteiger charge is 2.28. The van der Waals surface area contributed by atoms with Crippen molar-refractivity contribution in [2.75, 3.05) is 18.4 Å². The summed E-state index contributed by atoms with van der Waals surface area (Å²) in [6.07, 6.45) is 8.39. The van der Waals surface area contributed by atoms with E-state index in [1.165, 1.54) is 37.7 Å². The summed E-state index contributed by atoms with van der Waals surface area (Å²) in [4.78, 5) is 14.9. The Bertz CT molecular complexity index is 464. The van der Waals surface area contributed by atoms with Gasteiger partial charge in [0.1, 0.15) is 0 Å². The van der Waals surface area contributed by atoms with Crippen molar-refractivity contribution in [2.45, 2.75) is 51.0 Å². The zero-order valence-corrected chi connectivity index (χ0v) is 12.1.